The molecule has 0 saturated carbocycles. The molecule has 34 heavy (non-hydrogen) atoms. The van der Waals surface area contributed by atoms with Crippen molar-refractivity contribution >= 4 is 22.9 Å². The highest BCUT2D eigenvalue weighted by atomic mass is 16.1. The fourth-order valence-corrected chi connectivity index (χ4v) is 5.11. The van der Waals surface area contributed by atoms with E-state index < -0.39 is 0 Å². The summed E-state index contributed by atoms with van der Waals surface area (Å²) in [6.07, 6.45) is 2.78. The number of fused-ring (bicyclic) bond motifs is 1. The summed E-state index contributed by atoms with van der Waals surface area (Å²) in [6, 6.07) is 18.8. The van der Waals surface area contributed by atoms with Crippen LogP contribution in [-0.2, 0) is 11.3 Å². The van der Waals surface area contributed by atoms with Gasteiger partial charge >= 0.3 is 0 Å². The van der Waals surface area contributed by atoms with E-state index in [0.29, 0.717) is 0 Å². The van der Waals surface area contributed by atoms with Gasteiger partial charge < -0.3 is 20.1 Å². The van der Waals surface area contributed by atoms with E-state index in [4.69, 9.17) is 4.98 Å². The molecular formula is C27H36N6O. The Balaban J connectivity index is 0.966. The number of hydrogen-bond acceptors (Lipinski definition) is 5. The van der Waals surface area contributed by atoms with Crippen LogP contribution in [0.4, 0.5) is 5.95 Å². The molecule has 0 atom stereocenters. The second-order valence-electron chi connectivity index (χ2n) is 9.59. The molecule has 2 N–H and O–H groups in total. The maximum atomic E-state index is 12.7. The SMILES string of the molecule is O=C(NCCCN1CCN(Cc2ccccc2)CC1)C1CCN(c2nc3ccccc3[nH]2)CC1. The molecule has 7 heteroatoms. The molecule has 1 amide bonds. The van der Waals surface area contributed by atoms with E-state index in [1.165, 1.54) is 5.56 Å². The van der Waals surface area contributed by atoms with Crippen LogP contribution >= 0.6 is 0 Å². The molecule has 180 valence electrons. The monoisotopic (exact) mass is 460 g/mol. The summed E-state index contributed by atoms with van der Waals surface area (Å²) >= 11 is 0. The number of nitrogens with one attached hydrogen (secondary N) is 2. The van der Waals surface area contributed by atoms with Gasteiger partial charge in [0.2, 0.25) is 11.9 Å². The summed E-state index contributed by atoms with van der Waals surface area (Å²) in [7, 11) is 0. The van der Waals surface area contributed by atoms with Gasteiger partial charge in [0.05, 0.1) is 11.0 Å². The summed E-state index contributed by atoms with van der Waals surface area (Å²) in [5.41, 5.74) is 3.45. The standard InChI is InChI=1S/C27H36N6O/c34-26(23-11-15-33(16-12-23)27-29-24-9-4-5-10-25(24)30-27)28-13-6-14-31-17-19-32(20-18-31)21-22-7-2-1-3-8-22/h1-5,7-10,23H,6,11-21H2,(H,28,34)(H,29,30). The second-order valence-corrected chi connectivity index (χ2v) is 9.59. The van der Waals surface area contributed by atoms with E-state index in [1.54, 1.807) is 0 Å². The molecule has 0 bridgehead atoms. The highest BCUT2D eigenvalue weighted by Gasteiger charge is 2.26. The average Bonchev–Trinajstić information content (AvgIpc) is 3.33. The van der Waals surface area contributed by atoms with Crippen molar-refractivity contribution in [2.45, 2.75) is 25.8 Å². The summed E-state index contributed by atoms with van der Waals surface area (Å²) in [6.45, 7) is 9.06. The van der Waals surface area contributed by atoms with Gasteiger partial charge in [0.15, 0.2) is 0 Å². The Morgan fingerprint density at radius 3 is 2.38 bits per heavy atom. The van der Waals surface area contributed by atoms with Gasteiger partial charge in [0.1, 0.15) is 0 Å². The molecule has 3 aromatic rings. The van der Waals surface area contributed by atoms with Gasteiger partial charge in [0, 0.05) is 58.3 Å². The molecule has 7 nitrogen and oxygen atoms in total. The van der Waals surface area contributed by atoms with Crippen LogP contribution in [-0.4, -0.2) is 78.0 Å². The predicted octanol–water partition coefficient (Wildman–Crippen LogP) is 3.10. The molecule has 2 saturated heterocycles. The minimum absolute atomic E-state index is 0.113. The summed E-state index contributed by atoms with van der Waals surface area (Å²) in [5.74, 6) is 1.25. The third kappa shape index (κ3) is 5.77. The lowest BCUT2D eigenvalue weighted by Gasteiger charge is -2.34. The molecule has 5 rings (SSSR count). The normalized spacial score (nSPS) is 18.4. The van der Waals surface area contributed by atoms with Crippen molar-refractivity contribution in [3.05, 3.63) is 60.2 Å². The Hall–Kier alpha value is -2.90. The first-order chi connectivity index (χ1) is 16.7. The Morgan fingerprint density at radius 2 is 1.62 bits per heavy atom. The smallest absolute Gasteiger partial charge is 0.223 e. The number of para-hydroxylation sites is 2. The van der Waals surface area contributed by atoms with E-state index in [1.807, 2.05) is 18.2 Å². The molecule has 3 heterocycles. The number of imidazole rings is 1. The number of nitrogens with zero attached hydrogens (tertiary/aromatic N) is 4. The number of amides is 1. The van der Waals surface area contributed by atoms with Gasteiger partial charge in [0.25, 0.3) is 0 Å². The molecule has 2 aromatic carbocycles. The summed E-state index contributed by atoms with van der Waals surface area (Å²) in [5, 5.41) is 3.19. The Kier molecular flexibility index (Phi) is 7.41. The van der Waals surface area contributed by atoms with E-state index in [2.05, 4.69) is 61.4 Å². The number of H-pyrrole nitrogens is 1. The van der Waals surface area contributed by atoms with Crippen molar-refractivity contribution in [1.82, 2.24) is 25.1 Å². The van der Waals surface area contributed by atoms with Crippen molar-refractivity contribution in [1.29, 1.82) is 0 Å². The van der Waals surface area contributed by atoms with Gasteiger partial charge in [-0.1, -0.05) is 42.5 Å². The topological polar surface area (TPSA) is 67.5 Å². The van der Waals surface area contributed by atoms with E-state index in [-0.39, 0.29) is 11.8 Å². The van der Waals surface area contributed by atoms with Crippen molar-refractivity contribution in [2.75, 3.05) is 57.3 Å². The first kappa shape index (κ1) is 22.9. The lowest BCUT2D eigenvalue weighted by atomic mass is 9.96. The number of carbonyl (C=O) groups excluding carboxylic acids is 1. The van der Waals surface area contributed by atoms with E-state index in [9.17, 15) is 4.79 Å². The highest BCUT2D eigenvalue weighted by molar-refractivity contribution is 5.79. The highest BCUT2D eigenvalue weighted by Crippen LogP contribution is 2.23. The van der Waals surface area contributed by atoms with Crippen LogP contribution in [0.25, 0.3) is 11.0 Å². The number of benzene rings is 2. The van der Waals surface area contributed by atoms with Crippen molar-refractivity contribution in [3.8, 4) is 0 Å². The van der Waals surface area contributed by atoms with Crippen LogP contribution in [0.5, 0.6) is 0 Å². The number of anilines is 1. The predicted molar refractivity (Wildman–Crippen MR) is 137 cm³/mol. The average molecular weight is 461 g/mol. The molecule has 2 aliphatic heterocycles. The van der Waals surface area contributed by atoms with Crippen LogP contribution in [0.3, 0.4) is 0 Å². The minimum atomic E-state index is 0.113. The van der Waals surface area contributed by atoms with E-state index in [0.717, 1.165) is 95.1 Å². The van der Waals surface area contributed by atoms with Gasteiger partial charge in [-0.05, 0) is 43.5 Å². The summed E-state index contributed by atoms with van der Waals surface area (Å²) < 4.78 is 0. The number of hydrogen-bond donors (Lipinski definition) is 2. The van der Waals surface area contributed by atoms with Crippen LogP contribution < -0.4 is 10.2 Å². The number of piperidine rings is 1. The van der Waals surface area contributed by atoms with Crippen molar-refractivity contribution in [3.63, 3.8) is 0 Å². The number of aromatic amines is 1. The third-order valence-electron chi connectivity index (χ3n) is 7.21. The molecule has 0 spiro atoms. The molecule has 1 aromatic heterocycles. The largest absolute Gasteiger partial charge is 0.356 e. The van der Waals surface area contributed by atoms with Crippen LogP contribution in [0.15, 0.2) is 54.6 Å². The first-order valence-corrected chi connectivity index (χ1v) is 12.7. The van der Waals surface area contributed by atoms with Gasteiger partial charge in [-0.2, -0.15) is 0 Å². The Bertz CT molecular complexity index is 1020. The maximum Gasteiger partial charge on any atom is 0.223 e. The van der Waals surface area contributed by atoms with Crippen LogP contribution in [0.1, 0.15) is 24.8 Å². The molecule has 0 unspecified atom stereocenters. The maximum absolute atomic E-state index is 12.7. The number of aromatic nitrogens is 2. The molecule has 0 radical (unpaired) electrons. The second kappa shape index (κ2) is 11.0. The summed E-state index contributed by atoms with van der Waals surface area (Å²) in [4.78, 5) is 28.1. The first-order valence-electron chi connectivity index (χ1n) is 12.7. The van der Waals surface area contributed by atoms with Gasteiger partial charge in [-0.25, -0.2) is 4.98 Å². The number of piperazine rings is 1. The van der Waals surface area contributed by atoms with Gasteiger partial charge in [-0.3, -0.25) is 9.69 Å². The minimum Gasteiger partial charge on any atom is -0.356 e. The lowest BCUT2D eigenvalue weighted by Crippen LogP contribution is -2.46. The number of carbonyl (C=O) groups is 1. The Labute approximate surface area is 202 Å². The number of rotatable bonds is 8. The molecule has 2 fully saturated rings. The van der Waals surface area contributed by atoms with Crippen molar-refractivity contribution < 1.29 is 4.79 Å². The zero-order valence-electron chi connectivity index (χ0n) is 20.0. The quantitative estimate of drug-likeness (QED) is 0.506. The van der Waals surface area contributed by atoms with Gasteiger partial charge in [-0.15, -0.1) is 0 Å². The van der Waals surface area contributed by atoms with Crippen molar-refractivity contribution in [2.24, 2.45) is 5.92 Å². The zero-order valence-corrected chi connectivity index (χ0v) is 20.0. The third-order valence-corrected chi connectivity index (χ3v) is 7.21. The van der Waals surface area contributed by atoms with Crippen LogP contribution in [0.2, 0.25) is 0 Å². The zero-order chi connectivity index (χ0) is 23.2. The molecular weight excluding hydrogens is 424 g/mol. The molecule has 2 aliphatic rings. The lowest BCUT2D eigenvalue weighted by molar-refractivity contribution is -0.125. The Morgan fingerprint density at radius 1 is 0.912 bits per heavy atom. The fraction of sp³-hybridized carbons (Fsp3) is 0.481. The van der Waals surface area contributed by atoms with E-state index >= 15 is 0 Å². The van der Waals surface area contributed by atoms with Crippen LogP contribution in [0, 0.1) is 5.92 Å². The fourth-order valence-electron chi connectivity index (χ4n) is 5.11. The molecule has 0 aliphatic carbocycles.